The summed E-state index contributed by atoms with van der Waals surface area (Å²) in [5, 5.41) is 11.0. The highest BCUT2D eigenvalue weighted by molar-refractivity contribution is 5.94. The fourth-order valence-corrected chi connectivity index (χ4v) is 3.52. The lowest BCUT2D eigenvalue weighted by Crippen LogP contribution is -2.44. The van der Waals surface area contributed by atoms with Gasteiger partial charge in [0.2, 0.25) is 0 Å². The second-order valence-electron chi connectivity index (χ2n) is 7.35. The van der Waals surface area contributed by atoms with Crippen LogP contribution in [0.15, 0.2) is 30.3 Å². The Kier molecular flexibility index (Phi) is 6.97. The maximum absolute atomic E-state index is 14.9. The van der Waals surface area contributed by atoms with Crippen LogP contribution in [0.1, 0.15) is 37.8 Å². The fourth-order valence-electron chi connectivity index (χ4n) is 3.52. The van der Waals surface area contributed by atoms with Crippen LogP contribution in [0, 0.1) is 33.4 Å². The number of nitro groups is 1. The maximum Gasteiger partial charge on any atom is 0.269 e. The van der Waals surface area contributed by atoms with Gasteiger partial charge in [0, 0.05) is 36.2 Å². The fraction of sp³-hybridized carbons (Fsp3) is 0.381. The maximum atomic E-state index is 14.9. The van der Waals surface area contributed by atoms with Crippen LogP contribution in [0.25, 0.3) is 0 Å². The Morgan fingerprint density at radius 3 is 2.00 bits per heavy atom. The Hall–Kier alpha value is -2.81. The smallest absolute Gasteiger partial charge is 0.269 e. The van der Waals surface area contributed by atoms with E-state index in [0.717, 1.165) is 12.1 Å². The summed E-state index contributed by atoms with van der Waals surface area (Å²) in [4.78, 5) is 25.2. The Bertz CT molecular complexity index is 937. The van der Waals surface area contributed by atoms with Crippen LogP contribution in [-0.2, 0) is 10.2 Å². The molecule has 2 rings (SSSR count). The Morgan fingerprint density at radius 2 is 1.60 bits per heavy atom. The van der Waals surface area contributed by atoms with E-state index < -0.39 is 51.0 Å². The summed E-state index contributed by atoms with van der Waals surface area (Å²) in [5.74, 6) is -7.26. The summed E-state index contributed by atoms with van der Waals surface area (Å²) in [6.45, 7) is 3.16. The molecule has 9 heteroatoms. The van der Waals surface area contributed by atoms with Gasteiger partial charge in [-0.3, -0.25) is 14.9 Å². The van der Waals surface area contributed by atoms with E-state index in [1.54, 1.807) is 25.9 Å². The molecule has 0 aliphatic carbocycles. The second kappa shape index (κ2) is 8.91. The van der Waals surface area contributed by atoms with Crippen molar-refractivity contribution in [1.82, 2.24) is 4.90 Å². The van der Waals surface area contributed by atoms with Crippen LogP contribution in [0.2, 0.25) is 0 Å². The first-order chi connectivity index (χ1) is 14.0. The average Bonchev–Trinajstić information content (AvgIpc) is 2.70. The first kappa shape index (κ1) is 23.5. The third-order valence-electron chi connectivity index (χ3n) is 5.39. The average molecular weight is 426 g/mol. The van der Waals surface area contributed by atoms with Gasteiger partial charge in [0.15, 0.2) is 23.3 Å². The number of carbonyl (C=O) groups is 1. The molecule has 0 saturated carbocycles. The van der Waals surface area contributed by atoms with Gasteiger partial charge in [0.05, 0.1) is 10.3 Å². The van der Waals surface area contributed by atoms with Crippen molar-refractivity contribution >= 4 is 11.5 Å². The largest absolute Gasteiger partial charge is 0.307 e. The lowest BCUT2D eigenvalue weighted by Gasteiger charge is -2.37. The van der Waals surface area contributed by atoms with Crippen LogP contribution >= 0.6 is 0 Å². The molecule has 0 bridgehead atoms. The Balaban J connectivity index is 2.96. The summed E-state index contributed by atoms with van der Waals surface area (Å²) in [7, 11) is 3.36. The Morgan fingerprint density at radius 1 is 1.10 bits per heavy atom. The molecule has 2 aromatic rings. The van der Waals surface area contributed by atoms with Crippen LogP contribution < -0.4 is 0 Å². The van der Waals surface area contributed by atoms with E-state index in [-0.39, 0.29) is 30.2 Å². The van der Waals surface area contributed by atoms with Crippen molar-refractivity contribution in [1.29, 1.82) is 0 Å². The molecule has 0 radical (unpaired) electrons. The first-order valence-electron chi connectivity index (χ1n) is 9.25. The quantitative estimate of drug-likeness (QED) is 0.264. The molecule has 162 valence electrons. The van der Waals surface area contributed by atoms with Crippen molar-refractivity contribution < 1.29 is 27.3 Å². The number of nitro benzene ring substituents is 1. The van der Waals surface area contributed by atoms with Crippen LogP contribution in [0.5, 0.6) is 0 Å². The van der Waals surface area contributed by atoms with Crippen molar-refractivity contribution in [2.24, 2.45) is 0 Å². The number of non-ortho nitro benzene ring substituents is 1. The summed E-state index contributed by atoms with van der Waals surface area (Å²) in [6.07, 6.45) is -0.393. The van der Waals surface area contributed by atoms with Gasteiger partial charge in [0.25, 0.3) is 5.69 Å². The Labute approximate surface area is 171 Å². The minimum absolute atomic E-state index is 0.0106. The highest BCUT2D eigenvalue weighted by Crippen LogP contribution is 2.43. The molecule has 0 aliphatic rings. The van der Waals surface area contributed by atoms with E-state index in [0.29, 0.717) is 0 Å². The lowest BCUT2D eigenvalue weighted by molar-refractivity contribution is -0.384. The van der Waals surface area contributed by atoms with Crippen molar-refractivity contribution in [3.63, 3.8) is 0 Å². The number of hydrogen-bond acceptors (Lipinski definition) is 4. The minimum Gasteiger partial charge on any atom is -0.307 e. The number of nitrogens with zero attached hydrogens (tertiary/aromatic N) is 2. The third-order valence-corrected chi connectivity index (χ3v) is 5.39. The van der Waals surface area contributed by atoms with Crippen LogP contribution in [0.3, 0.4) is 0 Å². The van der Waals surface area contributed by atoms with Crippen LogP contribution in [0.4, 0.5) is 23.2 Å². The topological polar surface area (TPSA) is 63.5 Å². The monoisotopic (exact) mass is 426 g/mol. The number of halogens is 4. The molecule has 2 aromatic carbocycles. The van der Waals surface area contributed by atoms with E-state index in [1.165, 1.54) is 19.1 Å². The van der Waals surface area contributed by atoms with Crippen molar-refractivity contribution in [2.45, 2.75) is 38.1 Å². The molecular weight excluding hydrogens is 404 g/mol. The van der Waals surface area contributed by atoms with E-state index in [9.17, 15) is 32.5 Å². The molecule has 0 spiro atoms. The molecule has 0 amide bonds. The SMILES string of the molecule is CCC(=O)C(C[C@@H](C)N(C)C)(c1ccc([N+](=O)[O-])cc1)c1c(F)c(F)cc(F)c1F. The number of hydrogen-bond donors (Lipinski definition) is 0. The molecule has 0 N–H and O–H groups in total. The zero-order valence-corrected chi connectivity index (χ0v) is 17.0. The van der Waals surface area contributed by atoms with E-state index in [1.807, 2.05) is 0 Å². The summed E-state index contributed by atoms with van der Waals surface area (Å²) in [6, 6.07) is 4.18. The van der Waals surface area contributed by atoms with E-state index >= 15 is 0 Å². The van der Waals surface area contributed by atoms with Crippen molar-refractivity contribution in [2.75, 3.05) is 14.1 Å². The van der Waals surface area contributed by atoms with Gasteiger partial charge in [0.1, 0.15) is 5.78 Å². The molecule has 0 aliphatic heterocycles. The molecular formula is C21H22F4N2O3. The molecule has 0 heterocycles. The molecule has 1 unspecified atom stereocenters. The predicted molar refractivity (Wildman–Crippen MR) is 103 cm³/mol. The van der Waals surface area contributed by atoms with E-state index in [2.05, 4.69) is 0 Å². The molecule has 2 atom stereocenters. The van der Waals surface area contributed by atoms with Crippen molar-refractivity contribution in [3.8, 4) is 0 Å². The molecule has 30 heavy (non-hydrogen) atoms. The molecule has 0 saturated heterocycles. The minimum atomic E-state index is -2.09. The van der Waals surface area contributed by atoms with Gasteiger partial charge in [-0.15, -0.1) is 0 Å². The zero-order valence-electron chi connectivity index (χ0n) is 17.0. The number of carbonyl (C=O) groups excluding carboxylic acids is 1. The zero-order chi connectivity index (χ0) is 22.8. The van der Waals surface area contributed by atoms with Gasteiger partial charge in [-0.1, -0.05) is 19.1 Å². The summed E-state index contributed by atoms with van der Waals surface area (Å²) in [5.41, 5.74) is -3.42. The lowest BCUT2D eigenvalue weighted by atomic mass is 9.66. The molecule has 0 aromatic heterocycles. The van der Waals surface area contributed by atoms with E-state index in [4.69, 9.17) is 0 Å². The summed E-state index contributed by atoms with van der Waals surface area (Å²) < 4.78 is 58.1. The highest BCUT2D eigenvalue weighted by Gasteiger charge is 2.47. The molecule has 0 fully saturated rings. The van der Waals surface area contributed by atoms with Crippen LogP contribution in [-0.4, -0.2) is 35.7 Å². The van der Waals surface area contributed by atoms with Gasteiger partial charge >= 0.3 is 0 Å². The standard InChI is InChI=1S/C21H22F4N2O3/c1-5-17(28)21(11-12(2)26(3)4,13-6-8-14(9-7-13)27(29)30)18-19(24)15(22)10-16(23)20(18)25/h6-10,12H,5,11H2,1-4H3/t12-,21?/m1/s1. The third kappa shape index (κ3) is 4.07. The highest BCUT2D eigenvalue weighted by atomic mass is 19.2. The number of ketones is 1. The van der Waals surface area contributed by atoms with Gasteiger partial charge < -0.3 is 4.90 Å². The first-order valence-corrected chi connectivity index (χ1v) is 9.25. The van der Waals surface area contributed by atoms with Gasteiger partial charge in [-0.25, -0.2) is 17.6 Å². The number of benzene rings is 2. The van der Waals surface area contributed by atoms with Crippen molar-refractivity contribution in [3.05, 3.63) is 74.8 Å². The normalized spacial score (nSPS) is 14.4. The summed E-state index contributed by atoms with van der Waals surface area (Å²) >= 11 is 0. The molecule has 5 nitrogen and oxygen atoms in total. The second-order valence-corrected chi connectivity index (χ2v) is 7.35. The van der Waals surface area contributed by atoms with Gasteiger partial charge in [-0.2, -0.15) is 0 Å². The number of Topliss-reactive ketones (excluding diaryl/α,β-unsaturated/α-hetero) is 1. The predicted octanol–water partition coefficient (Wildman–Crippen LogP) is 4.76. The van der Waals surface area contributed by atoms with Gasteiger partial charge in [-0.05, 0) is 33.0 Å². The number of rotatable bonds is 8.